The predicted molar refractivity (Wildman–Crippen MR) is 59.0 cm³/mol. The lowest BCUT2D eigenvalue weighted by Crippen LogP contribution is -2.26. The SMILES string of the molecule is CC1(C)CC(CCO)C2CCCCC21. The summed E-state index contributed by atoms with van der Waals surface area (Å²) in [5.74, 6) is 2.71. The van der Waals surface area contributed by atoms with Gasteiger partial charge in [-0.25, -0.2) is 0 Å². The minimum Gasteiger partial charge on any atom is -0.396 e. The van der Waals surface area contributed by atoms with Gasteiger partial charge in [-0.15, -0.1) is 0 Å². The average molecular weight is 196 g/mol. The van der Waals surface area contributed by atoms with E-state index in [2.05, 4.69) is 13.8 Å². The van der Waals surface area contributed by atoms with Crippen molar-refractivity contribution in [2.45, 2.75) is 52.4 Å². The third-order valence-corrected chi connectivity index (χ3v) is 4.72. The maximum Gasteiger partial charge on any atom is 0.0433 e. The first-order valence-electron chi connectivity index (χ1n) is 6.26. The van der Waals surface area contributed by atoms with Crippen LogP contribution in [0, 0.1) is 23.2 Å². The van der Waals surface area contributed by atoms with E-state index in [1.807, 2.05) is 0 Å². The van der Waals surface area contributed by atoms with Gasteiger partial charge in [-0.1, -0.05) is 26.7 Å². The van der Waals surface area contributed by atoms with Crippen molar-refractivity contribution in [3.63, 3.8) is 0 Å². The Bertz CT molecular complexity index is 197. The van der Waals surface area contributed by atoms with Gasteiger partial charge in [-0.3, -0.25) is 0 Å². The lowest BCUT2D eigenvalue weighted by molar-refractivity contribution is 0.149. The second-order valence-corrected chi connectivity index (χ2v) is 6.02. The standard InChI is InChI=1S/C13H24O/c1-13(2)9-10(7-8-14)11-5-3-4-6-12(11)13/h10-12,14H,3-9H2,1-2H3. The molecule has 14 heavy (non-hydrogen) atoms. The van der Waals surface area contributed by atoms with Gasteiger partial charge in [-0.2, -0.15) is 0 Å². The van der Waals surface area contributed by atoms with E-state index in [1.54, 1.807) is 0 Å². The van der Waals surface area contributed by atoms with Crippen molar-refractivity contribution in [3.05, 3.63) is 0 Å². The summed E-state index contributed by atoms with van der Waals surface area (Å²) in [6.45, 7) is 5.27. The van der Waals surface area contributed by atoms with Crippen molar-refractivity contribution in [1.82, 2.24) is 0 Å². The normalized spacial score (nSPS) is 40.9. The average Bonchev–Trinajstić information content (AvgIpc) is 2.41. The van der Waals surface area contributed by atoms with Crippen LogP contribution in [0.3, 0.4) is 0 Å². The molecule has 0 aromatic carbocycles. The van der Waals surface area contributed by atoms with Gasteiger partial charge in [0.15, 0.2) is 0 Å². The minimum atomic E-state index is 0.393. The topological polar surface area (TPSA) is 20.2 Å². The number of rotatable bonds is 2. The molecule has 0 saturated heterocycles. The molecule has 2 rings (SSSR count). The summed E-state index contributed by atoms with van der Waals surface area (Å²) in [5.41, 5.74) is 0.547. The van der Waals surface area contributed by atoms with Crippen molar-refractivity contribution in [2.75, 3.05) is 6.61 Å². The van der Waals surface area contributed by atoms with E-state index >= 15 is 0 Å². The lowest BCUT2D eigenvalue weighted by atomic mass is 9.71. The fourth-order valence-electron chi connectivity index (χ4n) is 4.15. The fourth-order valence-corrected chi connectivity index (χ4v) is 4.15. The van der Waals surface area contributed by atoms with Crippen LogP contribution in [0.5, 0.6) is 0 Å². The minimum absolute atomic E-state index is 0.393. The molecule has 2 aliphatic carbocycles. The highest BCUT2D eigenvalue weighted by Gasteiger charge is 2.47. The zero-order valence-electron chi connectivity index (χ0n) is 9.63. The zero-order chi connectivity index (χ0) is 10.2. The Morgan fingerprint density at radius 2 is 1.93 bits per heavy atom. The number of hydrogen-bond donors (Lipinski definition) is 1. The van der Waals surface area contributed by atoms with Gasteiger partial charge >= 0.3 is 0 Å². The molecule has 3 atom stereocenters. The van der Waals surface area contributed by atoms with Gasteiger partial charge in [0.05, 0.1) is 0 Å². The molecule has 1 nitrogen and oxygen atoms in total. The van der Waals surface area contributed by atoms with E-state index in [-0.39, 0.29) is 0 Å². The number of aliphatic hydroxyl groups excluding tert-OH is 1. The van der Waals surface area contributed by atoms with E-state index in [9.17, 15) is 0 Å². The summed E-state index contributed by atoms with van der Waals surface area (Å²) in [7, 11) is 0. The second-order valence-electron chi connectivity index (χ2n) is 6.02. The number of fused-ring (bicyclic) bond motifs is 1. The molecule has 0 spiro atoms. The van der Waals surface area contributed by atoms with Crippen molar-refractivity contribution < 1.29 is 5.11 Å². The van der Waals surface area contributed by atoms with E-state index < -0.39 is 0 Å². The highest BCUT2D eigenvalue weighted by atomic mass is 16.3. The van der Waals surface area contributed by atoms with Crippen molar-refractivity contribution in [3.8, 4) is 0 Å². The summed E-state index contributed by atoms with van der Waals surface area (Å²) in [5, 5.41) is 9.09. The van der Waals surface area contributed by atoms with E-state index in [0.29, 0.717) is 12.0 Å². The molecule has 0 amide bonds. The largest absolute Gasteiger partial charge is 0.396 e. The van der Waals surface area contributed by atoms with Crippen molar-refractivity contribution in [2.24, 2.45) is 23.2 Å². The smallest absolute Gasteiger partial charge is 0.0433 e. The van der Waals surface area contributed by atoms with Crippen LogP contribution in [0.4, 0.5) is 0 Å². The quantitative estimate of drug-likeness (QED) is 0.719. The Labute approximate surface area is 87.9 Å². The Balaban J connectivity index is 2.09. The van der Waals surface area contributed by atoms with Crippen molar-refractivity contribution in [1.29, 1.82) is 0 Å². The van der Waals surface area contributed by atoms with Gasteiger partial charge in [0, 0.05) is 6.61 Å². The van der Waals surface area contributed by atoms with Crippen LogP contribution >= 0.6 is 0 Å². The molecular formula is C13H24O. The molecule has 0 radical (unpaired) electrons. The maximum absolute atomic E-state index is 9.09. The summed E-state index contributed by atoms with van der Waals surface area (Å²) >= 11 is 0. The van der Waals surface area contributed by atoms with Gasteiger partial charge in [-0.05, 0) is 48.9 Å². The van der Waals surface area contributed by atoms with Crippen LogP contribution in [0.1, 0.15) is 52.4 Å². The lowest BCUT2D eigenvalue weighted by Gasteiger charge is -2.34. The highest BCUT2D eigenvalue weighted by molar-refractivity contribution is 4.97. The molecule has 0 heterocycles. The molecule has 1 heteroatoms. The molecule has 3 unspecified atom stereocenters. The molecule has 1 N–H and O–H groups in total. The van der Waals surface area contributed by atoms with Gasteiger partial charge in [0.2, 0.25) is 0 Å². The summed E-state index contributed by atoms with van der Waals surface area (Å²) in [4.78, 5) is 0. The molecule has 0 aliphatic heterocycles. The van der Waals surface area contributed by atoms with E-state index in [4.69, 9.17) is 5.11 Å². The highest BCUT2D eigenvalue weighted by Crippen LogP contribution is 2.56. The molecular weight excluding hydrogens is 172 g/mol. The van der Waals surface area contributed by atoms with E-state index in [0.717, 1.165) is 24.2 Å². The monoisotopic (exact) mass is 196 g/mol. The van der Waals surface area contributed by atoms with Crippen LogP contribution in [0.15, 0.2) is 0 Å². The van der Waals surface area contributed by atoms with Crippen LogP contribution in [-0.2, 0) is 0 Å². The van der Waals surface area contributed by atoms with Gasteiger partial charge in [0.25, 0.3) is 0 Å². The molecule has 0 aromatic heterocycles. The van der Waals surface area contributed by atoms with Crippen LogP contribution in [0.25, 0.3) is 0 Å². The molecule has 0 aromatic rings. The Morgan fingerprint density at radius 1 is 1.21 bits per heavy atom. The summed E-state index contributed by atoms with van der Waals surface area (Å²) < 4.78 is 0. The molecule has 82 valence electrons. The van der Waals surface area contributed by atoms with Crippen molar-refractivity contribution >= 4 is 0 Å². The third-order valence-electron chi connectivity index (χ3n) is 4.72. The number of aliphatic hydroxyl groups is 1. The zero-order valence-corrected chi connectivity index (χ0v) is 9.63. The summed E-state index contributed by atoms with van der Waals surface area (Å²) in [6, 6.07) is 0. The first-order chi connectivity index (χ1) is 6.65. The fraction of sp³-hybridized carbons (Fsp3) is 1.00. The van der Waals surface area contributed by atoms with Gasteiger partial charge in [0.1, 0.15) is 0 Å². The molecule has 2 fully saturated rings. The second kappa shape index (κ2) is 3.84. The first kappa shape index (κ1) is 10.5. The van der Waals surface area contributed by atoms with Crippen LogP contribution in [-0.4, -0.2) is 11.7 Å². The molecule has 0 bridgehead atoms. The third kappa shape index (κ3) is 1.71. The maximum atomic E-state index is 9.09. The first-order valence-corrected chi connectivity index (χ1v) is 6.26. The Hall–Kier alpha value is -0.0400. The van der Waals surface area contributed by atoms with Crippen LogP contribution in [0.2, 0.25) is 0 Å². The molecule has 2 aliphatic rings. The summed E-state index contributed by atoms with van der Waals surface area (Å²) in [6.07, 6.45) is 8.14. The Kier molecular flexibility index (Phi) is 2.88. The van der Waals surface area contributed by atoms with Crippen LogP contribution < -0.4 is 0 Å². The van der Waals surface area contributed by atoms with E-state index in [1.165, 1.54) is 32.1 Å². The number of hydrogen-bond acceptors (Lipinski definition) is 1. The predicted octanol–water partition coefficient (Wildman–Crippen LogP) is 3.22. The molecule has 2 saturated carbocycles. The Morgan fingerprint density at radius 3 is 2.64 bits per heavy atom. The van der Waals surface area contributed by atoms with Gasteiger partial charge < -0.3 is 5.11 Å².